The first kappa shape index (κ1) is 15.3. The number of nitrogens with zero attached hydrogens (tertiary/aromatic N) is 3. The number of aromatic nitrogens is 1. The van der Waals surface area contributed by atoms with Crippen molar-refractivity contribution >= 4 is 11.3 Å². The second kappa shape index (κ2) is 6.73. The van der Waals surface area contributed by atoms with Crippen LogP contribution in [-0.2, 0) is 6.54 Å². The van der Waals surface area contributed by atoms with Crippen molar-refractivity contribution in [3.63, 3.8) is 0 Å². The summed E-state index contributed by atoms with van der Waals surface area (Å²) in [5.74, 6) is 1.72. The SMILES string of the molecule is Cc1oc(-c2cccs2)nc1CN1CCN(C2CCNC2)CC1. The monoisotopic (exact) mass is 332 g/mol. The molecule has 6 heteroatoms. The van der Waals surface area contributed by atoms with E-state index in [1.807, 2.05) is 13.0 Å². The average Bonchev–Trinajstić information content (AvgIpc) is 3.30. The van der Waals surface area contributed by atoms with Gasteiger partial charge in [0.15, 0.2) is 0 Å². The topological polar surface area (TPSA) is 44.5 Å². The Kier molecular flexibility index (Phi) is 4.48. The first-order chi connectivity index (χ1) is 11.3. The summed E-state index contributed by atoms with van der Waals surface area (Å²) in [5.41, 5.74) is 1.09. The molecule has 23 heavy (non-hydrogen) atoms. The third-order valence-electron chi connectivity index (χ3n) is 4.96. The first-order valence-electron chi connectivity index (χ1n) is 8.47. The third kappa shape index (κ3) is 3.35. The molecule has 2 fully saturated rings. The molecule has 2 aliphatic heterocycles. The van der Waals surface area contributed by atoms with Crippen LogP contribution >= 0.6 is 11.3 Å². The molecule has 0 amide bonds. The highest BCUT2D eigenvalue weighted by Crippen LogP contribution is 2.26. The maximum atomic E-state index is 5.86. The van der Waals surface area contributed by atoms with Gasteiger partial charge in [-0.2, -0.15) is 0 Å². The molecule has 0 spiro atoms. The van der Waals surface area contributed by atoms with Crippen molar-refractivity contribution in [2.45, 2.75) is 25.9 Å². The summed E-state index contributed by atoms with van der Waals surface area (Å²) >= 11 is 1.68. The summed E-state index contributed by atoms with van der Waals surface area (Å²) in [6.45, 7) is 9.84. The average molecular weight is 332 g/mol. The van der Waals surface area contributed by atoms with Crippen molar-refractivity contribution in [3.05, 3.63) is 29.0 Å². The molecular weight excluding hydrogens is 308 g/mol. The van der Waals surface area contributed by atoms with E-state index in [1.165, 1.54) is 26.1 Å². The van der Waals surface area contributed by atoms with Gasteiger partial charge in [-0.15, -0.1) is 11.3 Å². The lowest BCUT2D eigenvalue weighted by Crippen LogP contribution is -2.50. The highest BCUT2D eigenvalue weighted by molar-refractivity contribution is 7.13. The fraction of sp³-hybridized carbons (Fsp3) is 0.588. The standard InChI is InChI=1S/C17H24N4OS/c1-13-15(19-17(22-13)16-3-2-10-23-16)12-20-6-8-21(9-7-20)14-4-5-18-11-14/h2-3,10,14,18H,4-9,11-12H2,1H3. The van der Waals surface area contributed by atoms with Crippen LogP contribution < -0.4 is 5.32 Å². The molecule has 0 radical (unpaired) electrons. The molecule has 2 aliphatic rings. The van der Waals surface area contributed by atoms with E-state index < -0.39 is 0 Å². The van der Waals surface area contributed by atoms with Crippen molar-refractivity contribution < 1.29 is 4.42 Å². The van der Waals surface area contributed by atoms with Gasteiger partial charge in [-0.1, -0.05) is 6.07 Å². The molecule has 1 atom stereocenters. The first-order valence-corrected chi connectivity index (χ1v) is 9.35. The molecular formula is C17H24N4OS. The molecule has 0 bridgehead atoms. The van der Waals surface area contributed by atoms with Gasteiger partial charge >= 0.3 is 0 Å². The van der Waals surface area contributed by atoms with Crippen LogP contribution in [0, 0.1) is 6.92 Å². The Balaban J connectivity index is 1.36. The van der Waals surface area contributed by atoms with Gasteiger partial charge in [-0.3, -0.25) is 9.80 Å². The number of rotatable bonds is 4. The van der Waals surface area contributed by atoms with E-state index in [-0.39, 0.29) is 0 Å². The Labute approximate surface area is 141 Å². The molecule has 5 nitrogen and oxygen atoms in total. The summed E-state index contributed by atoms with van der Waals surface area (Å²) < 4.78 is 5.86. The van der Waals surface area contributed by atoms with Gasteiger partial charge in [0.25, 0.3) is 0 Å². The second-order valence-electron chi connectivity index (χ2n) is 6.46. The van der Waals surface area contributed by atoms with Crippen molar-refractivity contribution in [2.75, 3.05) is 39.3 Å². The van der Waals surface area contributed by atoms with Crippen molar-refractivity contribution in [1.29, 1.82) is 0 Å². The number of aryl methyl sites for hydroxylation is 1. The number of thiophene rings is 1. The fourth-order valence-electron chi connectivity index (χ4n) is 3.53. The van der Waals surface area contributed by atoms with Crippen LogP contribution in [0.1, 0.15) is 17.9 Å². The van der Waals surface area contributed by atoms with Gasteiger partial charge in [0.2, 0.25) is 5.89 Å². The summed E-state index contributed by atoms with van der Waals surface area (Å²) in [5, 5.41) is 5.53. The molecule has 0 saturated carbocycles. The molecule has 0 aliphatic carbocycles. The molecule has 2 aromatic heterocycles. The van der Waals surface area contributed by atoms with Crippen LogP contribution in [0.4, 0.5) is 0 Å². The zero-order chi connectivity index (χ0) is 15.6. The zero-order valence-electron chi connectivity index (χ0n) is 13.6. The lowest BCUT2D eigenvalue weighted by atomic mass is 10.2. The Hall–Kier alpha value is -1.21. The predicted octanol–water partition coefficient (Wildman–Crippen LogP) is 2.19. The molecule has 2 aromatic rings. The number of hydrogen-bond acceptors (Lipinski definition) is 6. The van der Waals surface area contributed by atoms with Gasteiger partial charge in [0.1, 0.15) is 5.76 Å². The summed E-state index contributed by atoms with van der Waals surface area (Å²) in [6.07, 6.45) is 1.30. The number of hydrogen-bond donors (Lipinski definition) is 1. The Morgan fingerprint density at radius 2 is 2.22 bits per heavy atom. The van der Waals surface area contributed by atoms with Crippen LogP contribution in [0.5, 0.6) is 0 Å². The minimum Gasteiger partial charge on any atom is -0.440 e. The highest BCUT2D eigenvalue weighted by atomic mass is 32.1. The molecule has 2 saturated heterocycles. The van der Waals surface area contributed by atoms with Gasteiger partial charge < -0.3 is 9.73 Å². The minimum atomic E-state index is 0.747. The molecule has 0 aromatic carbocycles. The molecule has 1 unspecified atom stereocenters. The lowest BCUT2D eigenvalue weighted by molar-refractivity contribution is 0.0971. The largest absolute Gasteiger partial charge is 0.440 e. The van der Waals surface area contributed by atoms with E-state index in [1.54, 1.807) is 11.3 Å². The van der Waals surface area contributed by atoms with Gasteiger partial charge in [0, 0.05) is 45.3 Å². The highest BCUT2D eigenvalue weighted by Gasteiger charge is 2.26. The van der Waals surface area contributed by atoms with E-state index in [0.717, 1.165) is 54.4 Å². The number of piperazine rings is 1. The normalized spacial score (nSPS) is 23.6. The smallest absolute Gasteiger partial charge is 0.236 e. The van der Waals surface area contributed by atoms with E-state index in [0.29, 0.717) is 0 Å². The Morgan fingerprint density at radius 1 is 1.35 bits per heavy atom. The maximum absolute atomic E-state index is 5.86. The lowest BCUT2D eigenvalue weighted by Gasteiger charge is -2.37. The van der Waals surface area contributed by atoms with E-state index in [4.69, 9.17) is 9.40 Å². The van der Waals surface area contributed by atoms with Crippen LogP contribution in [0.25, 0.3) is 10.8 Å². The van der Waals surface area contributed by atoms with Crippen molar-refractivity contribution in [1.82, 2.24) is 20.1 Å². The quantitative estimate of drug-likeness (QED) is 0.930. The minimum absolute atomic E-state index is 0.747. The van der Waals surface area contributed by atoms with E-state index in [2.05, 4.69) is 26.6 Å². The van der Waals surface area contributed by atoms with Crippen LogP contribution in [0.3, 0.4) is 0 Å². The van der Waals surface area contributed by atoms with Crippen LogP contribution in [0.2, 0.25) is 0 Å². The number of nitrogens with one attached hydrogen (secondary N) is 1. The van der Waals surface area contributed by atoms with Crippen LogP contribution in [0.15, 0.2) is 21.9 Å². The fourth-order valence-corrected chi connectivity index (χ4v) is 4.18. The molecule has 124 valence electrons. The summed E-state index contributed by atoms with van der Waals surface area (Å²) in [7, 11) is 0. The van der Waals surface area contributed by atoms with Gasteiger partial charge in [-0.25, -0.2) is 4.98 Å². The third-order valence-corrected chi connectivity index (χ3v) is 5.81. The second-order valence-corrected chi connectivity index (χ2v) is 7.41. The van der Waals surface area contributed by atoms with Gasteiger partial charge in [0.05, 0.1) is 10.6 Å². The Bertz CT molecular complexity index is 625. The zero-order valence-corrected chi connectivity index (χ0v) is 14.4. The van der Waals surface area contributed by atoms with Crippen molar-refractivity contribution in [2.24, 2.45) is 0 Å². The molecule has 1 N–H and O–H groups in total. The maximum Gasteiger partial charge on any atom is 0.236 e. The number of oxazole rings is 1. The molecule has 4 heterocycles. The predicted molar refractivity (Wildman–Crippen MR) is 92.7 cm³/mol. The summed E-state index contributed by atoms with van der Waals surface area (Å²) in [4.78, 5) is 11.0. The van der Waals surface area contributed by atoms with Crippen molar-refractivity contribution in [3.8, 4) is 10.8 Å². The van der Waals surface area contributed by atoms with Crippen LogP contribution in [-0.4, -0.2) is 60.1 Å². The van der Waals surface area contributed by atoms with E-state index >= 15 is 0 Å². The summed E-state index contributed by atoms with van der Waals surface area (Å²) in [6, 6.07) is 4.85. The van der Waals surface area contributed by atoms with E-state index in [9.17, 15) is 0 Å². The molecule has 4 rings (SSSR count). The Morgan fingerprint density at radius 3 is 2.91 bits per heavy atom. The van der Waals surface area contributed by atoms with Gasteiger partial charge in [-0.05, 0) is 31.3 Å².